The number of carbonyl (C=O) groups is 1. The standard InChI is InChI=1S/C17H13Cl2FO3/c1-22-15-9-11(6-7-16(19)21)8-13(18)17(15)23-10-12-4-2-3-5-14(12)20/h2-9H,10H2,1H3/b7-6+. The molecule has 0 heterocycles. The number of hydrogen-bond acceptors (Lipinski definition) is 3. The van der Waals surface area contributed by atoms with Gasteiger partial charge in [0.2, 0.25) is 5.24 Å². The van der Waals surface area contributed by atoms with Crippen LogP contribution in [0.3, 0.4) is 0 Å². The SMILES string of the molecule is COc1cc(/C=C/C(=O)Cl)cc(Cl)c1OCc1ccccc1F. The van der Waals surface area contributed by atoms with Gasteiger partial charge in [-0.2, -0.15) is 0 Å². The average molecular weight is 355 g/mol. The largest absolute Gasteiger partial charge is 0.493 e. The molecule has 0 N–H and O–H groups in total. The molecule has 0 amide bonds. The van der Waals surface area contributed by atoms with Crippen LogP contribution in [-0.2, 0) is 11.4 Å². The van der Waals surface area contributed by atoms with Crippen molar-refractivity contribution >= 4 is 34.5 Å². The lowest BCUT2D eigenvalue weighted by Gasteiger charge is -2.13. The molecule has 23 heavy (non-hydrogen) atoms. The van der Waals surface area contributed by atoms with Crippen LogP contribution < -0.4 is 9.47 Å². The predicted octanol–water partition coefficient (Wildman–Crippen LogP) is 4.85. The number of allylic oxidation sites excluding steroid dienone is 1. The topological polar surface area (TPSA) is 35.5 Å². The molecule has 2 rings (SSSR count). The normalized spacial score (nSPS) is 10.8. The molecule has 0 aliphatic heterocycles. The first-order chi connectivity index (χ1) is 11.0. The summed E-state index contributed by atoms with van der Waals surface area (Å²) in [6.07, 6.45) is 2.71. The number of rotatable bonds is 6. The molecule has 3 nitrogen and oxygen atoms in total. The first-order valence-corrected chi connectivity index (χ1v) is 7.38. The Balaban J connectivity index is 2.24. The zero-order chi connectivity index (χ0) is 16.8. The van der Waals surface area contributed by atoms with E-state index in [9.17, 15) is 9.18 Å². The van der Waals surface area contributed by atoms with E-state index in [1.54, 1.807) is 30.3 Å². The third-order valence-corrected chi connectivity index (χ3v) is 3.40. The molecule has 0 radical (unpaired) electrons. The van der Waals surface area contributed by atoms with Gasteiger partial charge in [-0.25, -0.2) is 4.39 Å². The van der Waals surface area contributed by atoms with Gasteiger partial charge in [-0.1, -0.05) is 29.8 Å². The minimum Gasteiger partial charge on any atom is -0.493 e. The smallest absolute Gasteiger partial charge is 0.245 e. The van der Waals surface area contributed by atoms with Crippen molar-refractivity contribution < 1.29 is 18.7 Å². The minimum absolute atomic E-state index is 0.0120. The highest BCUT2D eigenvalue weighted by Crippen LogP contribution is 2.37. The molecule has 0 saturated carbocycles. The van der Waals surface area contributed by atoms with E-state index in [2.05, 4.69) is 0 Å². The molecule has 6 heteroatoms. The quantitative estimate of drug-likeness (QED) is 0.549. The maximum atomic E-state index is 13.6. The predicted molar refractivity (Wildman–Crippen MR) is 88.6 cm³/mol. The Bertz CT molecular complexity index is 745. The van der Waals surface area contributed by atoms with Gasteiger partial charge in [0, 0.05) is 5.56 Å². The van der Waals surface area contributed by atoms with Crippen molar-refractivity contribution in [2.24, 2.45) is 0 Å². The summed E-state index contributed by atoms with van der Waals surface area (Å²) in [5, 5.41) is -0.317. The van der Waals surface area contributed by atoms with Crippen LogP contribution in [0.5, 0.6) is 11.5 Å². The van der Waals surface area contributed by atoms with E-state index in [-0.39, 0.29) is 17.4 Å². The number of methoxy groups -OCH3 is 1. The fourth-order valence-corrected chi connectivity index (χ4v) is 2.24. The molecule has 0 aliphatic carbocycles. The Morgan fingerprint density at radius 1 is 1.30 bits per heavy atom. The van der Waals surface area contributed by atoms with Crippen LogP contribution in [0.25, 0.3) is 6.08 Å². The Hall–Kier alpha value is -2.04. The molecule has 0 bridgehead atoms. The van der Waals surface area contributed by atoms with E-state index < -0.39 is 5.24 Å². The van der Waals surface area contributed by atoms with Crippen LogP contribution in [-0.4, -0.2) is 12.4 Å². The summed E-state index contributed by atoms with van der Waals surface area (Å²) in [7, 11) is 1.46. The maximum absolute atomic E-state index is 13.6. The van der Waals surface area contributed by atoms with Crippen LogP contribution in [0.4, 0.5) is 4.39 Å². The lowest BCUT2D eigenvalue weighted by atomic mass is 10.2. The van der Waals surface area contributed by atoms with E-state index in [4.69, 9.17) is 32.7 Å². The number of hydrogen-bond donors (Lipinski definition) is 0. The van der Waals surface area contributed by atoms with Crippen molar-refractivity contribution in [3.63, 3.8) is 0 Å². The summed E-state index contributed by atoms with van der Waals surface area (Å²) >= 11 is 11.4. The zero-order valence-electron chi connectivity index (χ0n) is 12.2. The van der Waals surface area contributed by atoms with Crippen LogP contribution in [0.15, 0.2) is 42.5 Å². The summed E-state index contributed by atoms with van der Waals surface area (Å²) in [5.74, 6) is 0.310. The Labute approximate surface area is 143 Å². The molecule has 0 spiro atoms. The van der Waals surface area contributed by atoms with Gasteiger partial charge in [0.1, 0.15) is 12.4 Å². The van der Waals surface area contributed by atoms with Crippen molar-refractivity contribution in [1.29, 1.82) is 0 Å². The van der Waals surface area contributed by atoms with Crippen molar-refractivity contribution in [3.05, 3.63) is 64.4 Å². The number of ether oxygens (including phenoxy) is 2. The molecule has 120 valence electrons. The number of carbonyl (C=O) groups excluding carboxylic acids is 1. The minimum atomic E-state index is -0.597. The van der Waals surface area contributed by atoms with Gasteiger partial charge in [0.15, 0.2) is 11.5 Å². The van der Waals surface area contributed by atoms with E-state index in [0.717, 1.165) is 0 Å². The van der Waals surface area contributed by atoms with Crippen molar-refractivity contribution in [2.45, 2.75) is 6.61 Å². The molecule has 0 unspecified atom stereocenters. The lowest BCUT2D eigenvalue weighted by Crippen LogP contribution is -2.01. The second-order valence-corrected chi connectivity index (χ2v) is 5.33. The van der Waals surface area contributed by atoms with Gasteiger partial charge in [-0.3, -0.25) is 4.79 Å². The summed E-state index contributed by atoms with van der Waals surface area (Å²) in [6, 6.07) is 9.53. The van der Waals surface area contributed by atoms with Crippen LogP contribution in [0, 0.1) is 5.82 Å². The highest BCUT2D eigenvalue weighted by atomic mass is 35.5. The molecule has 0 aromatic heterocycles. The number of benzene rings is 2. The first kappa shape index (κ1) is 17.3. The highest BCUT2D eigenvalue weighted by Gasteiger charge is 2.12. The van der Waals surface area contributed by atoms with Gasteiger partial charge < -0.3 is 9.47 Å². The molecule has 0 fully saturated rings. The summed E-state index contributed by atoms with van der Waals surface area (Å²) in [6.45, 7) is 0.0120. The van der Waals surface area contributed by atoms with Gasteiger partial charge >= 0.3 is 0 Å². The van der Waals surface area contributed by atoms with Crippen LogP contribution >= 0.6 is 23.2 Å². The Morgan fingerprint density at radius 2 is 2.04 bits per heavy atom. The third-order valence-electron chi connectivity index (χ3n) is 2.99. The van der Waals surface area contributed by atoms with Crippen molar-refractivity contribution in [2.75, 3.05) is 7.11 Å². The second kappa shape index (κ2) is 7.99. The highest BCUT2D eigenvalue weighted by molar-refractivity contribution is 6.66. The van der Waals surface area contributed by atoms with Gasteiger partial charge in [-0.05, 0) is 47.5 Å². The van der Waals surface area contributed by atoms with E-state index in [1.807, 2.05) is 0 Å². The summed E-state index contributed by atoms with van der Waals surface area (Å²) in [4.78, 5) is 10.8. The average Bonchev–Trinajstić information content (AvgIpc) is 2.52. The third kappa shape index (κ3) is 4.71. The van der Waals surface area contributed by atoms with Crippen molar-refractivity contribution in [1.82, 2.24) is 0 Å². The molecular formula is C17H13Cl2FO3. The maximum Gasteiger partial charge on any atom is 0.245 e. The molecule has 0 atom stereocenters. The molecule has 2 aromatic carbocycles. The fraction of sp³-hybridized carbons (Fsp3) is 0.118. The second-order valence-electron chi connectivity index (χ2n) is 4.55. The lowest BCUT2D eigenvalue weighted by molar-refractivity contribution is -0.107. The first-order valence-electron chi connectivity index (χ1n) is 6.62. The summed E-state index contributed by atoms with van der Waals surface area (Å²) < 4.78 is 24.4. The fourth-order valence-electron chi connectivity index (χ4n) is 1.90. The molecular weight excluding hydrogens is 342 g/mol. The summed E-state index contributed by atoms with van der Waals surface area (Å²) in [5.41, 5.74) is 1.03. The van der Waals surface area contributed by atoms with E-state index in [1.165, 1.54) is 25.3 Å². The molecule has 2 aromatic rings. The van der Waals surface area contributed by atoms with Crippen molar-refractivity contribution in [3.8, 4) is 11.5 Å². The van der Waals surface area contributed by atoms with Gasteiger partial charge in [-0.15, -0.1) is 0 Å². The van der Waals surface area contributed by atoms with Crippen LogP contribution in [0.2, 0.25) is 5.02 Å². The van der Waals surface area contributed by atoms with Crippen LogP contribution in [0.1, 0.15) is 11.1 Å². The zero-order valence-corrected chi connectivity index (χ0v) is 13.7. The van der Waals surface area contributed by atoms with E-state index >= 15 is 0 Å². The number of halogens is 3. The van der Waals surface area contributed by atoms with Gasteiger partial charge in [0.05, 0.1) is 12.1 Å². The Morgan fingerprint density at radius 3 is 2.70 bits per heavy atom. The van der Waals surface area contributed by atoms with E-state index in [0.29, 0.717) is 22.6 Å². The molecule has 0 aliphatic rings. The van der Waals surface area contributed by atoms with Gasteiger partial charge in [0.25, 0.3) is 0 Å². The Kier molecular flexibility index (Phi) is 6.02. The monoisotopic (exact) mass is 354 g/mol. The molecule has 0 saturated heterocycles.